The molecule has 0 aromatic heterocycles. The lowest BCUT2D eigenvalue weighted by Gasteiger charge is -2.30. The smallest absolute Gasteiger partial charge is 0.243 e. The van der Waals surface area contributed by atoms with Gasteiger partial charge in [0.25, 0.3) is 0 Å². The number of carbonyl (C=O) groups excluding carboxylic acids is 4. The molecule has 1 heterocycles. The molecule has 0 aliphatic carbocycles. The van der Waals surface area contributed by atoms with Gasteiger partial charge in [0.05, 0.1) is 12.5 Å². The van der Waals surface area contributed by atoms with Gasteiger partial charge < -0.3 is 27.0 Å². The van der Waals surface area contributed by atoms with Gasteiger partial charge in [0, 0.05) is 6.04 Å². The van der Waals surface area contributed by atoms with Crippen LogP contribution in [0.15, 0.2) is 0 Å². The van der Waals surface area contributed by atoms with Crippen LogP contribution in [0.5, 0.6) is 0 Å². The number of amides is 4. The van der Waals surface area contributed by atoms with Crippen molar-refractivity contribution in [3.8, 4) is 0 Å². The molecule has 6 N–H and O–H groups in total. The molecule has 0 aromatic rings. The van der Waals surface area contributed by atoms with Crippen molar-refractivity contribution in [2.45, 2.75) is 143 Å². The van der Waals surface area contributed by atoms with Gasteiger partial charge in [-0.1, -0.05) is 92.4 Å². The molecule has 0 spiro atoms. The van der Waals surface area contributed by atoms with Gasteiger partial charge in [-0.3, -0.25) is 19.2 Å². The summed E-state index contributed by atoms with van der Waals surface area (Å²) >= 11 is 0. The first-order chi connectivity index (χ1) is 18.5. The minimum absolute atomic E-state index is 0.214. The number of unbranched alkanes of at least 4 members (excludes halogenated alkanes) is 9. The first-order valence-electron chi connectivity index (χ1n) is 15.4. The fourth-order valence-electron chi connectivity index (χ4n) is 5.02. The topological polar surface area (TPSA) is 142 Å². The number of carbonyl (C=O) groups is 4. The van der Waals surface area contributed by atoms with Crippen molar-refractivity contribution in [2.75, 3.05) is 13.1 Å². The van der Waals surface area contributed by atoms with Crippen molar-refractivity contribution in [1.29, 1.82) is 0 Å². The molecular formula is C30H57N5O4. The van der Waals surface area contributed by atoms with Gasteiger partial charge in [0.15, 0.2) is 0 Å². The first-order valence-corrected chi connectivity index (χ1v) is 15.4. The Morgan fingerprint density at radius 3 is 1.87 bits per heavy atom. The van der Waals surface area contributed by atoms with E-state index in [9.17, 15) is 19.2 Å². The molecule has 4 amide bonds. The minimum Gasteiger partial charge on any atom is -0.351 e. The molecule has 1 saturated heterocycles. The SMILES string of the molecule is CCCCCCCCCCCC1NC(=O)C(CC(C)(C)C)NC(=O)C(CCCCN)NC(=O)CNC(=O)[C@@H]1C. The zero-order valence-corrected chi connectivity index (χ0v) is 25.3. The third kappa shape index (κ3) is 15.3. The molecule has 39 heavy (non-hydrogen) atoms. The molecule has 4 atom stereocenters. The van der Waals surface area contributed by atoms with E-state index in [1.165, 1.54) is 38.5 Å². The lowest BCUT2D eigenvalue weighted by molar-refractivity contribution is -0.132. The Balaban J connectivity index is 2.97. The number of nitrogens with two attached hydrogens (primary N) is 1. The third-order valence-corrected chi connectivity index (χ3v) is 7.43. The van der Waals surface area contributed by atoms with Gasteiger partial charge in [0.2, 0.25) is 23.6 Å². The lowest BCUT2D eigenvalue weighted by Crippen LogP contribution is -2.56. The molecule has 0 saturated carbocycles. The van der Waals surface area contributed by atoms with Gasteiger partial charge in [0.1, 0.15) is 12.1 Å². The van der Waals surface area contributed by atoms with Gasteiger partial charge in [-0.05, 0) is 44.1 Å². The van der Waals surface area contributed by atoms with Crippen molar-refractivity contribution in [2.24, 2.45) is 17.1 Å². The Bertz CT molecular complexity index is 752. The maximum Gasteiger partial charge on any atom is 0.243 e. The largest absolute Gasteiger partial charge is 0.351 e. The summed E-state index contributed by atoms with van der Waals surface area (Å²) in [7, 11) is 0. The van der Waals surface area contributed by atoms with E-state index in [0.717, 1.165) is 25.7 Å². The predicted molar refractivity (Wildman–Crippen MR) is 157 cm³/mol. The van der Waals surface area contributed by atoms with E-state index in [-0.39, 0.29) is 35.7 Å². The zero-order chi connectivity index (χ0) is 29.3. The van der Waals surface area contributed by atoms with Gasteiger partial charge in [-0.2, -0.15) is 0 Å². The summed E-state index contributed by atoms with van der Waals surface area (Å²) in [6, 6.07) is -1.95. The van der Waals surface area contributed by atoms with Crippen molar-refractivity contribution < 1.29 is 19.2 Å². The Morgan fingerprint density at radius 1 is 0.718 bits per heavy atom. The average Bonchev–Trinajstić information content (AvgIpc) is 2.87. The van der Waals surface area contributed by atoms with Crippen molar-refractivity contribution in [1.82, 2.24) is 21.3 Å². The van der Waals surface area contributed by atoms with Crippen LogP contribution in [0.4, 0.5) is 0 Å². The average molecular weight is 552 g/mol. The first kappa shape index (κ1) is 34.9. The summed E-state index contributed by atoms with van der Waals surface area (Å²) in [5.41, 5.74) is 5.38. The lowest BCUT2D eigenvalue weighted by atomic mass is 9.87. The summed E-state index contributed by atoms with van der Waals surface area (Å²) in [5.74, 6) is -1.89. The van der Waals surface area contributed by atoms with Crippen LogP contribution in [0, 0.1) is 11.3 Å². The van der Waals surface area contributed by atoms with Crippen LogP contribution in [0.1, 0.15) is 125 Å². The third-order valence-electron chi connectivity index (χ3n) is 7.43. The van der Waals surface area contributed by atoms with Crippen LogP contribution in [0.3, 0.4) is 0 Å². The van der Waals surface area contributed by atoms with Crippen molar-refractivity contribution >= 4 is 23.6 Å². The van der Waals surface area contributed by atoms with E-state index in [0.29, 0.717) is 32.2 Å². The zero-order valence-electron chi connectivity index (χ0n) is 25.3. The van der Waals surface area contributed by atoms with Crippen LogP contribution in [0.25, 0.3) is 0 Å². The van der Waals surface area contributed by atoms with Gasteiger partial charge in [-0.15, -0.1) is 0 Å². The normalized spacial score (nSPS) is 23.5. The molecule has 226 valence electrons. The minimum atomic E-state index is -0.799. The van der Waals surface area contributed by atoms with E-state index in [4.69, 9.17) is 5.73 Å². The maximum atomic E-state index is 13.5. The molecule has 1 aliphatic heterocycles. The van der Waals surface area contributed by atoms with E-state index in [2.05, 4.69) is 28.2 Å². The van der Waals surface area contributed by atoms with E-state index >= 15 is 0 Å². The monoisotopic (exact) mass is 551 g/mol. The summed E-state index contributed by atoms with van der Waals surface area (Å²) < 4.78 is 0. The molecule has 0 aromatic carbocycles. The highest BCUT2D eigenvalue weighted by molar-refractivity contribution is 5.94. The van der Waals surface area contributed by atoms with Crippen LogP contribution in [0.2, 0.25) is 0 Å². The second-order valence-electron chi connectivity index (χ2n) is 12.5. The van der Waals surface area contributed by atoms with Gasteiger partial charge in [-0.25, -0.2) is 0 Å². The molecule has 9 nitrogen and oxygen atoms in total. The van der Waals surface area contributed by atoms with E-state index < -0.39 is 23.9 Å². The Labute approximate surface area is 237 Å². The van der Waals surface area contributed by atoms with Crippen LogP contribution in [-0.4, -0.2) is 54.8 Å². The number of hydrogen-bond donors (Lipinski definition) is 5. The standard InChI is InChI=1S/C30H57N5O4/c1-6-7-8-9-10-11-12-13-14-17-23-22(2)27(37)32-21-26(36)33-24(18-15-16-19-31)28(38)35-25(29(39)34-23)20-30(3,4)5/h22-25H,6-21,31H2,1-5H3,(H,32,37)(H,33,36)(H,34,39)(H,35,38)/t22-,23?,24?,25?/m1/s1. The highest BCUT2D eigenvalue weighted by atomic mass is 16.2. The molecule has 3 unspecified atom stereocenters. The molecule has 1 fully saturated rings. The molecule has 0 radical (unpaired) electrons. The Morgan fingerprint density at radius 2 is 1.28 bits per heavy atom. The fraction of sp³-hybridized carbons (Fsp3) is 0.867. The summed E-state index contributed by atoms with van der Waals surface area (Å²) in [4.78, 5) is 52.4. The molecular weight excluding hydrogens is 494 g/mol. The Hall–Kier alpha value is -2.16. The van der Waals surface area contributed by atoms with Crippen LogP contribution < -0.4 is 27.0 Å². The summed E-state index contributed by atoms with van der Waals surface area (Å²) in [6.45, 7) is 10.3. The summed E-state index contributed by atoms with van der Waals surface area (Å²) in [5, 5.41) is 11.4. The molecule has 0 bridgehead atoms. The molecule has 1 aliphatic rings. The predicted octanol–water partition coefficient (Wildman–Crippen LogP) is 3.69. The number of nitrogens with one attached hydrogen (secondary N) is 4. The fourth-order valence-corrected chi connectivity index (χ4v) is 5.02. The van der Waals surface area contributed by atoms with Gasteiger partial charge >= 0.3 is 0 Å². The Kier molecular flexibility index (Phi) is 17.0. The molecule has 1 rings (SSSR count). The van der Waals surface area contributed by atoms with E-state index in [1.807, 2.05) is 20.8 Å². The highest BCUT2D eigenvalue weighted by Gasteiger charge is 2.33. The quantitative estimate of drug-likeness (QED) is 0.197. The van der Waals surface area contributed by atoms with E-state index in [1.54, 1.807) is 6.92 Å². The maximum absolute atomic E-state index is 13.5. The highest BCUT2D eigenvalue weighted by Crippen LogP contribution is 2.22. The number of hydrogen-bond acceptors (Lipinski definition) is 5. The second kappa shape index (κ2) is 19.0. The van der Waals surface area contributed by atoms with Crippen LogP contribution in [-0.2, 0) is 19.2 Å². The second-order valence-corrected chi connectivity index (χ2v) is 12.5. The summed E-state index contributed by atoms with van der Waals surface area (Å²) in [6.07, 6.45) is 13.6. The van der Waals surface area contributed by atoms with Crippen LogP contribution >= 0.6 is 0 Å². The molecule has 9 heteroatoms. The number of rotatable bonds is 15. The van der Waals surface area contributed by atoms with Crippen molar-refractivity contribution in [3.63, 3.8) is 0 Å². The van der Waals surface area contributed by atoms with Crippen molar-refractivity contribution in [3.05, 3.63) is 0 Å².